The third kappa shape index (κ3) is 4.08. The van der Waals surface area contributed by atoms with E-state index in [1.807, 2.05) is 38.1 Å². The molecule has 1 saturated heterocycles. The van der Waals surface area contributed by atoms with Crippen LogP contribution < -0.4 is 10.6 Å². The van der Waals surface area contributed by atoms with Crippen LogP contribution in [0, 0.1) is 0 Å². The summed E-state index contributed by atoms with van der Waals surface area (Å²) in [7, 11) is 0. The lowest BCUT2D eigenvalue weighted by Gasteiger charge is -2.33. The molecule has 1 spiro atoms. The van der Waals surface area contributed by atoms with Crippen molar-refractivity contribution in [3.63, 3.8) is 0 Å². The standard InChI is InChI=1S/C25H28N4O4/c1-3-28(4-2)22(31)18-11-13-19(14-12-18)26-21(30)16-29-23(32)25(27-24(29)33)15-7-9-17-8-5-6-10-20(17)25/h5-6,8,10-14H,3-4,7,9,15-16H2,1-2H3,(H,26,30)(H,27,33)/t25-/m1/s1. The molecule has 4 rings (SSSR count). The number of carbonyl (C=O) groups is 4. The maximum atomic E-state index is 13.3. The van der Waals surface area contributed by atoms with Crippen LogP contribution in [0.2, 0.25) is 0 Å². The fourth-order valence-electron chi connectivity index (χ4n) is 4.69. The second-order valence-electron chi connectivity index (χ2n) is 8.34. The van der Waals surface area contributed by atoms with Crippen LogP contribution in [-0.4, -0.2) is 53.2 Å². The van der Waals surface area contributed by atoms with Gasteiger partial charge in [-0.25, -0.2) is 4.79 Å². The summed E-state index contributed by atoms with van der Waals surface area (Å²) in [5, 5.41) is 5.56. The van der Waals surface area contributed by atoms with Crippen LogP contribution in [0.4, 0.5) is 10.5 Å². The zero-order valence-electron chi connectivity index (χ0n) is 18.9. The maximum Gasteiger partial charge on any atom is 0.325 e. The number of carbonyl (C=O) groups excluding carboxylic acids is 4. The summed E-state index contributed by atoms with van der Waals surface area (Å²) < 4.78 is 0. The molecule has 0 bridgehead atoms. The van der Waals surface area contributed by atoms with Gasteiger partial charge in [-0.2, -0.15) is 0 Å². The third-order valence-corrected chi connectivity index (χ3v) is 6.42. The first-order chi connectivity index (χ1) is 15.9. The Bertz CT molecular complexity index is 1090. The van der Waals surface area contributed by atoms with Crippen molar-refractivity contribution < 1.29 is 19.2 Å². The van der Waals surface area contributed by atoms with E-state index in [9.17, 15) is 19.2 Å². The number of hydrogen-bond acceptors (Lipinski definition) is 4. The highest BCUT2D eigenvalue weighted by atomic mass is 16.2. The highest BCUT2D eigenvalue weighted by molar-refractivity contribution is 6.10. The Morgan fingerprint density at radius 1 is 1.06 bits per heavy atom. The van der Waals surface area contributed by atoms with Crippen LogP contribution in [0.1, 0.15) is 48.2 Å². The van der Waals surface area contributed by atoms with E-state index in [1.165, 1.54) is 0 Å². The van der Waals surface area contributed by atoms with Gasteiger partial charge >= 0.3 is 6.03 Å². The molecule has 2 N–H and O–H groups in total. The summed E-state index contributed by atoms with van der Waals surface area (Å²) in [6, 6.07) is 13.6. The second kappa shape index (κ2) is 9.05. The van der Waals surface area contributed by atoms with E-state index >= 15 is 0 Å². The van der Waals surface area contributed by atoms with Gasteiger partial charge in [0.25, 0.3) is 11.8 Å². The molecule has 0 radical (unpaired) electrons. The summed E-state index contributed by atoms with van der Waals surface area (Å²) in [5.41, 5.74) is 1.78. The summed E-state index contributed by atoms with van der Waals surface area (Å²) in [4.78, 5) is 53.7. The molecule has 1 atom stereocenters. The Kier molecular flexibility index (Phi) is 6.18. The smallest absolute Gasteiger partial charge is 0.325 e. The minimum absolute atomic E-state index is 0.0738. The van der Waals surface area contributed by atoms with Crippen molar-refractivity contribution in [2.75, 3.05) is 25.0 Å². The van der Waals surface area contributed by atoms with Crippen molar-refractivity contribution >= 4 is 29.4 Å². The van der Waals surface area contributed by atoms with Crippen LogP contribution >= 0.6 is 0 Å². The first-order valence-electron chi connectivity index (χ1n) is 11.3. The minimum atomic E-state index is -1.10. The van der Waals surface area contributed by atoms with Gasteiger partial charge in [-0.3, -0.25) is 19.3 Å². The molecule has 0 unspecified atom stereocenters. The minimum Gasteiger partial charge on any atom is -0.339 e. The number of nitrogens with one attached hydrogen (secondary N) is 2. The van der Waals surface area contributed by atoms with Crippen LogP contribution in [0.3, 0.4) is 0 Å². The zero-order valence-corrected chi connectivity index (χ0v) is 18.9. The molecule has 1 heterocycles. The first-order valence-corrected chi connectivity index (χ1v) is 11.3. The molecule has 1 aliphatic carbocycles. The molecular formula is C25H28N4O4. The van der Waals surface area contributed by atoms with Gasteiger partial charge in [0.1, 0.15) is 12.1 Å². The number of imide groups is 1. The van der Waals surface area contributed by atoms with Gasteiger partial charge in [-0.15, -0.1) is 0 Å². The number of urea groups is 1. The molecule has 2 aliphatic rings. The molecule has 8 heteroatoms. The summed E-state index contributed by atoms with van der Waals surface area (Å²) in [5.74, 6) is -0.951. The molecule has 1 aliphatic heterocycles. The fourth-order valence-corrected chi connectivity index (χ4v) is 4.69. The Morgan fingerprint density at radius 3 is 2.45 bits per heavy atom. The highest BCUT2D eigenvalue weighted by Gasteiger charge is 2.54. The number of rotatable bonds is 6. The Labute approximate surface area is 192 Å². The van der Waals surface area contributed by atoms with Gasteiger partial charge < -0.3 is 15.5 Å². The molecule has 0 aromatic heterocycles. The molecule has 0 saturated carbocycles. The van der Waals surface area contributed by atoms with E-state index in [2.05, 4.69) is 10.6 Å². The van der Waals surface area contributed by atoms with Crippen molar-refractivity contribution in [2.24, 2.45) is 0 Å². The van der Waals surface area contributed by atoms with Crippen LogP contribution in [0.25, 0.3) is 0 Å². The van der Waals surface area contributed by atoms with E-state index in [-0.39, 0.29) is 12.5 Å². The highest BCUT2D eigenvalue weighted by Crippen LogP contribution is 2.39. The van der Waals surface area contributed by atoms with Gasteiger partial charge in [-0.1, -0.05) is 24.3 Å². The number of fused-ring (bicyclic) bond motifs is 2. The van der Waals surface area contributed by atoms with Crippen molar-refractivity contribution in [2.45, 2.75) is 38.6 Å². The van der Waals surface area contributed by atoms with E-state index in [0.29, 0.717) is 30.8 Å². The second-order valence-corrected chi connectivity index (χ2v) is 8.34. The molecule has 5 amide bonds. The number of amides is 5. The van der Waals surface area contributed by atoms with Gasteiger partial charge in [-0.05, 0) is 68.5 Å². The lowest BCUT2D eigenvalue weighted by Crippen LogP contribution is -2.47. The number of aryl methyl sites for hydroxylation is 1. The third-order valence-electron chi connectivity index (χ3n) is 6.42. The average molecular weight is 449 g/mol. The molecule has 2 aromatic rings. The lowest BCUT2D eigenvalue weighted by molar-refractivity contribution is -0.134. The Morgan fingerprint density at radius 2 is 1.76 bits per heavy atom. The number of hydrogen-bond donors (Lipinski definition) is 2. The SMILES string of the molecule is CCN(CC)C(=O)c1ccc(NC(=O)CN2C(=O)N[C@@]3(CCCc4ccccc43)C2=O)cc1. The van der Waals surface area contributed by atoms with Crippen molar-refractivity contribution in [1.29, 1.82) is 0 Å². The molecule has 2 aromatic carbocycles. The first kappa shape index (κ1) is 22.5. The van der Waals surface area contributed by atoms with Crippen LogP contribution in [0.15, 0.2) is 48.5 Å². The molecule has 8 nitrogen and oxygen atoms in total. The van der Waals surface area contributed by atoms with Gasteiger partial charge in [0.15, 0.2) is 0 Å². The molecule has 172 valence electrons. The van der Waals surface area contributed by atoms with Crippen LogP contribution in [-0.2, 0) is 21.5 Å². The van der Waals surface area contributed by atoms with Gasteiger partial charge in [0, 0.05) is 24.3 Å². The van der Waals surface area contributed by atoms with Crippen molar-refractivity contribution in [3.05, 3.63) is 65.2 Å². The van der Waals surface area contributed by atoms with Crippen molar-refractivity contribution in [3.8, 4) is 0 Å². The predicted molar refractivity (Wildman–Crippen MR) is 124 cm³/mol. The van der Waals surface area contributed by atoms with Gasteiger partial charge in [0.2, 0.25) is 5.91 Å². The summed E-state index contributed by atoms with van der Waals surface area (Å²) >= 11 is 0. The summed E-state index contributed by atoms with van der Waals surface area (Å²) in [6.45, 7) is 4.69. The fraction of sp³-hybridized carbons (Fsp3) is 0.360. The van der Waals surface area contributed by atoms with Gasteiger partial charge in [0.05, 0.1) is 0 Å². The predicted octanol–water partition coefficient (Wildman–Crippen LogP) is 2.89. The van der Waals surface area contributed by atoms with E-state index < -0.39 is 23.4 Å². The zero-order chi connectivity index (χ0) is 23.6. The molecular weight excluding hydrogens is 420 g/mol. The summed E-state index contributed by atoms with van der Waals surface area (Å²) in [6.07, 6.45) is 2.14. The number of nitrogens with zero attached hydrogens (tertiary/aromatic N) is 2. The number of anilines is 1. The molecule has 33 heavy (non-hydrogen) atoms. The normalized spacial score (nSPS) is 19.3. The lowest BCUT2D eigenvalue weighted by atomic mass is 9.76. The average Bonchev–Trinajstić information content (AvgIpc) is 3.05. The maximum absolute atomic E-state index is 13.3. The van der Waals surface area contributed by atoms with Crippen LogP contribution in [0.5, 0.6) is 0 Å². The van der Waals surface area contributed by atoms with Crippen molar-refractivity contribution in [1.82, 2.24) is 15.1 Å². The quantitative estimate of drug-likeness (QED) is 0.664. The van der Waals surface area contributed by atoms with E-state index in [4.69, 9.17) is 0 Å². The molecule has 1 fully saturated rings. The largest absolute Gasteiger partial charge is 0.339 e. The van der Waals surface area contributed by atoms with E-state index in [0.717, 1.165) is 28.9 Å². The number of benzene rings is 2. The Balaban J connectivity index is 1.44. The monoisotopic (exact) mass is 448 g/mol. The topological polar surface area (TPSA) is 98.8 Å². The Hall–Kier alpha value is -3.68. The van der Waals surface area contributed by atoms with E-state index in [1.54, 1.807) is 29.2 Å².